The lowest BCUT2D eigenvalue weighted by atomic mass is 9.96. The highest BCUT2D eigenvalue weighted by Crippen LogP contribution is 2.30. The molecule has 1 amide bonds. The predicted octanol–water partition coefficient (Wildman–Crippen LogP) is 4.09. The molecule has 0 radical (unpaired) electrons. The molecule has 1 aromatic heterocycles. The molecular formula is C24H27N3O2. The SMILES string of the molecule is CCc1onc(C)c1C(=O)N1CCN(C(c2ccccc2)c2ccccc2)CC1. The highest BCUT2D eigenvalue weighted by molar-refractivity contribution is 5.96. The molecule has 1 saturated heterocycles. The van der Waals surface area contributed by atoms with E-state index in [9.17, 15) is 4.79 Å². The first-order valence-electron chi connectivity index (χ1n) is 10.3. The Kier molecular flexibility index (Phi) is 5.76. The standard InChI is InChI=1S/C24H27N3O2/c1-3-21-22(18(2)25-29-21)24(28)27-16-14-26(15-17-27)23(19-10-6-4-7-11-19)20-12-8-5-9-13-20/h4-13,23H,3,14-17H2,1-2H3. The van der Waals surface area contributed by atoms with E-state index in [2.05, 4.69) is 70.7 Å². The van der Waals surface area contributed by atoms with E-state index in [1.807, 2.05) is 18.7 Å². The number of carbonyl (C=O) groups is 1. The van der Waals surface area contributed by atoms with E-state index < -0.39 is 0 Å². The van der Waals surface area contributed by atoms with Gasteiger partial charge in [0.25, 0.3) is 5.91 Å². The fraction of sp³-hybridized carbons (Fsp3) is 0.333. The van der Waals surface area contributed by atoms with Crippen LogP contribution in [-0.2, 0) is 6.42 Å². The monoisotopic (exact) mass is 389 g/mol. The maximum Gasteiger partial charge on any atom is 0.259 e. The molecule has 0 saturated carbocycles. The number of hydrogen-bond donors (Lipinski definition) is 0. The van der Waals surface area contributed by atoms with Crippen molar-refractivity contribution in [2.24, 2.45) is 0 Å². The van der Waals surface area contributed by atoms with E-state index in [4.69, 9.17) is 4.52 Å². The summed E-state index contributed by atoms with van der Waals surface area (Å²) in [7, 11) is 0. The van der Waals surface area contributed by atoms with Gasteiger partial charge in [0, 0.05) is 32.6 Å². The quantitative estimate of drug-likeness (QED) is 0.659. The summed E-state index contributed by atoms with van der Waals surface area (Å²) in [4.78, 5) is 17.5. The van der Waals surface area contributed by atoms with Crippen LogP contribution in [0.4, 0.5) is 0 Å². The van der Waals surface area contributed by atoms with Crippen LogP contribution in [0.3, 0.4) is 0 Å². The van der Waals surface area contributed by atoms with Gasteiger partial charge in [-0.05, 0) is 18.1 Å². The topological polar surface area (TPSA) is 49.6 Å². The molecule has 1 aliphatic rings. The summed E-state index contributed by atoms with van der Waals surface area (Å²) in [5.41, 5.74) is 3.88. The van der Waals surface area contributed by atoms with E-state index in [0.717, 1.165) is 13.1 Å². The van der Waals surface area contributed by atoms with Gasteiger partial charge >= 0.3 is 0 Å². The Labute approximate surface area is 171 Å². The third-order valence-corrected chi connectivity index (χ3v) is 5.67. The lowest BCUT2D eigenvalue weighted by Crippen LogP contribution is -2.50. The average Bonchev–Trinajstić information content (AvgIpc) is 3.16. The molecule has 5 heteroatoms. The Morgan fingerprint density at radius 2 is 1.52 bits per heavy atom. The lowest BCUT2D eigenvalue weighted by Gasteiger charge is -2.39. The third kappa shape index (κ3) is 3.96. The van der Waals surface area contributed by atoms with Crippen molar-refractivity contribution >= 4 is 5.91 Å². The zero-order valence-corrected chi connectivity index (χ0v) is 17.0. The molecule has 0 atom stereocenters. The first kappa shape index (κ1) is 19.4. The minimum absolute atomic E-state index is 0.0382. The van der Waals surface area contributed by atoms with Crippen LogP contribution in [-0.4, -0.2) is 47.0 Å². The van der Waals surface area contributed by atoms with Crippen molar-refractivity contribution in [3.8, 4) is 0 Å². The Morgan fingerprint density at radius 1 is 0.966 bits per heavy atom. The highest BCUT2D eigenvalue weighted by Gasteiger charge is 2.30. The largest absolute Gasteiger partial charge is 0.360 e. The van der Waals surface area contributed by atoms with Crippen LogP contribution in [0, 0.1) is 6.92 Å². The minimum atomic E-state index is 0.0382. The van der Waals surface area contributed by atoms with Crippen molar-refractivity contribution in [3.63, 3.8) is 0 Å². The molecule has 29 heavy (non-hydrogen) atoms. The Morgan fingerprint density at radius 3 is 2.03 bits per heavy atom. The van der Waals surface area contributed by atoms with Crippen LogP contribution in [0.25, 0.3) is 0 Å². The second kappa shape index (κ2) is 8.62. The molecule has 2 heterocycles. The molecule has 150 valence electrons. The van der Waals surface area contributed by atoms with Crippen molar-refractivity contribution < 1.29 is 9.32 Å². The molecule has 1 fully saturated rings. The van der Waals surface area contributed by atoms with Crippen molar-refractivity contribution in [1.82, 2.24) is 15.0 Å². The molecule has 4 rings (SSSR count). The third-order valence-electron chi connectivity index (χ3n) is 5.67. The molecule has 5 nitrogen and oxygen atoms in total. The first-order valence-corrected chi connectivity index (χ1v) is 10.3. The fourth-order valence-corrected chi connectivity index (χ4v) is 4.16. The van der Waals surface area contributed by atoms with Gasteiger partial charge < -0.3 is 9.42 Å². The van der Waals surface area contributed by atoms with Crippen LogP contribution >= 0.6 is 0 Å². The Balaban J connectivity index is 1.53. The summed E-state index contributed by atoms with van der Waals surface area (Å²) in [5, 5.41) is 3.99. The number of rotatable bonds is 5. The smallest absolute Gasteiger partial charge is 0.259 e. The van der Waals surface area contributed by atoms with Crippen LogP contribution < -0.4 is 0 Å². The summed E-state index contributed by atoms with van der Waals surface area (Å²) in [5.74, 6) is 0.720. The van der Waals surface area contributed by atoms with Gasteiger partial charge in [-0.2, -0.15) is 0 Å². The molecular weight excluding hydrogens is 362 g/mol. The normalized spacial score (nSPS) is 15.1. The number of hydrogen-bond acceptors (Lipinski definition) is 4. The van der Waals surface area contributed by atoms with E-state index in [0.29, 0.717) is 36.5 Å². The van der Waals surface area contributed by atoms with Crippen molar-refractivity contribution in [1.29, 1.82) is 0 Å². The average molecular weight is 389 g/mol. The number of amides is 1. The molecule has 0 spiro atoms. The molecule has 1 aliphatic heterocycles. The Bertz CT molecular complexity index is 905. The zero-order chi connectivity index (χ0) is 20.2. The van der Waals surface area contributed by atoms with Crippen molar-refractivity contribution in [2.75, 3.05) is 26.2 Å². The summed E-state index contributed by atoms with van der Waals surface area (Å²) < 4.78 is 5.32. The van der Waals surface area contributed by atoms with Crippen LogP contribution in [0.2, 0.25) is 0 Å². The number of aromatic nitrogens is 1. The van der Waals surface area contributed by atoms with Gasteiger partial charge in [0.05, 0.1) is 11.7 Å². The second-order valence-corrected chi connectivity index (χ2v) is 7.47. The number of nitrogens with zero attached hydrogens (tertiary/aromatic N) is 3. The number of carbonyl (C=O) groups excluding carboxylic acids is 1. The van der Waals surface area contributed by atoms with Gasteiger partial charge in [-0.3, -0.25) is 9.69 Å². The van der Waals surface area contributed by atoms with E-state index >= 15 is 0 Å². The van der Waals surface area contributed by atoms with E-state index in [1.54, 1.807) is 0 Å². The highest BCUT2D eigenvalue weighted by atomic mass is 16.5. The summed E-state index contributed by atoms with van der Waals surface area (Å²) in [6, 6.07) is 21.4. The van der Waals surface area contributed by atoms with E-state index in [-0.39, 0.29) is 11.9 Å². The van der Waals surface area contributed by atoms with Crippen molar-refractivity contribution in [2.45, 2.75) is 26.3 Å². The molecule has 0 bridgehead atoms. The number of piperazine rings is 1. The van der Waals surface area contributed by atoms with Gasteiger partial charge in [0.2, 0.25) is 0 Å². The lowest BCUT2D eigenvalue weighted by molar-refractivity contribution is 0.0594. The number of aryl methyl sites for hydroxylation is 2. The summed E-state index contributed by atoms with van der Waals surface area (Å²) >= 11 is 0. The molecule has 0 unspecified atom stereocenters. The van der Waals surface area contributed by atoms with Crippen LogP contribution in [0.15, 0.2) is 65.2 Å². The number of benzene rings is 2. The maximum atomic E-state index is 13.1. The molecule has 2 aromatic carbocycles. The van der Waals surface area contributed by atoms with E-state index in [1.165, 1.54) is 11.1 Å². The minimum Gasteiger partial charge on any atom is -0.360 e. The molecule has 0 N–H and O–H groups in total. The van der Waals surface area contributed by atoms with Gasteiger partial charge in [-0.25, -0.2) is 0 Å². The van der Waals surface area contributed by atoms with Crippen LogP contribution in [0.1, 0.15) is 45.9 Å². The van der Waals surface area contributed by atoms with Crippen LogP contribution in [0.5, 0.6) is 0 Å². The molecule has 3 aromatic rings. The summed E-state index contributed by atoms with van der Waals surface area (Å²) in [6.45, 7) is 6.87. The van der Waals surface area contributed by atoms with Crippen molar-refractivity contribution in [3.05, 3.63) is 88.8 Å². The second-order valence-electron chi connectivity index (χ2n) is 7.47. The fourth-order valence-electron chi connectivity index (χ4n) is 4.16. The van der Waals surface area contributed by atoms with Gasteiger partial charge in [0.15, 0.2) is 0 Å². The Hall–Kier alpha value is -2.92. The van der Waals surface area contributed by atoms with Gasteiger partial charge in [-0.1, -0.05) is 72.7 Å². The zero-order valence-electron chi connectivity index (χ0n) is 17.0. The van der Waals surface area contributed by atoms with Gasteiger partial charge in [0.1, 0.15) is 11.3 Å². The molecule has 0 aliphatic carbocycles. The summed E-state index contributed by atoms with van der Waals surface area (Å²) in [6.07, 6.45) is 0.673. The predicted molar refractivity (Wildman–Crippen MR) is 113 cm³/mol. The first-order chi connectivity index (χ1) is 14.2. The maximum absolute atomic E-state index is 13.1. The van der Waals surface area contributed by atoms with Gasteiger partial charge in [-0.15, -0.1) is 0 Å².